The second kappa shape index (κ2) is 18.2. The number of carboxylic acid groups (broad SMARTS) is 1. The van der Waals surface area contributed by atoms with Crippen molar-refractivity contribution in [1.82, 2.24) is 0 Å². The van der Waals surface area contributed by atoms with Crippen molar-refractivity contribution >= 4 is 20.5 Å². The predicted molar refractivity (Wildman–Crippen MR) is 124 cm³/mol. The number of unbranched alkanes of at least 4 members (excludes halogenated alkanes) is 1. The van der Waals surface area contributed by atoms with E-state index in [0.717, 1.165) is 30.8 Å². The number of carbonyl (C=O) groups is 1. The van der Waals surface area contributed by atoms with E-state index in [1.54, 1.807) is 30.3 Å². The zero-order valence-corrected chi connectivity index (χ0v) is 18.9. The molecule has 0 amide bonds. The van der Waals surface area contributed by atoms with Gasteiger partial charge in [0, 0.05) is 0 Å². The number of hydrogen-bond acceptors (Lipinski definition) is 1. The molecule has 152 valence electrons. The van der Waals surface area contributed by atoms with Gasteiger partial charge in [0.2, 0.25) is 0 Å². The van der Waals surface area contributed by atoms with Gasteiger partial charge in [0.15, 0.2) is 0 Å². The van der Waals surface area contributed by atoms with Crippen LogP contribution in [-0.4, -0.2) is 25.6 Å². The summed E-state index contributed by atoms with van der Waals surface area (Å²) in [7, 11) is 5.14. The molecule has 0 aliphatic rings. The molecule has 0 spiro atoms. The summed E-state index contributed by atoms with van der Waals surface area (Å²) < 4.78 is 0. The quantitative estimate of drug-likeness (QED) is 0.465. The second-order valence-corrected chi connectivity index (χ2v) is 8.57. The molecule has 1 aromatic rings. The van der Waals surface area contributed by atoms with Gasteiger partial charge in [-0.15, -0.1) is 0 Å². The normalized spacial score (nSPS) is 10.1. The van der Waals surface area contributed by atoms with Crippen LogP contribution in [0, 0.1) is 17.8 Å². The molecule has 1 N–H and O–H groups in total. The van der Waals surface area contributed by atoms with E-state index in [4.69, 9.17) is 13.0 Å². The molecule has 0 aliphatic heterocycles. The zero-order valence-electron chi connectivity index (χ0n) is 18.9. The molecule has 2 nitrogen and oxygen atoms in total. The van der Waals surface area contributed by atoms with Gasteiger partial charge in [0.25, 0.3) is 0 Å². The Labute approximate surface area is 171 Å². The first-order valence-electron chi connectivity index (χ1n) is 10.6. The molecule has 2 radical (unpaired) electrons. The van der Waals surface area contributed by atoms with Crippen LogP contribution in [0.15, 0.2) is 30.3 Å². The van der Waals surface area contributed by atoms with Gasteiger partial charge in [-0.05, 0) is 12.1 Å². The van der Waals surface area contributed by atoms with Crippen LogP contribution < -0.4 is 0 Å². The molecule has 0 aliphatic carbocycles. The highest BCUT2D eigenvalue weighted by Crippen LogP contribution is 2.21. The summed E-state index contributed by atoms with van der Waals surface area (Å²) in [6.45, 7) is 17.1. The maximum absolute atomic E-state index is 10.2. The minimum Gasteiger partial charge on any atom is -0.478 e. The molecule has 0 saturated heterocycles. The Hall–Kier alpha value is -1.18. The van der Waals surface area contributed by atoms with E-state index in [-0.39, 0.29) is 0 Å². The minimum absolute atomic E-state index is 0.331. The van der Waals surface area contributed by atoms with Crippen LogP contribution in [0.2, 0.25) is 25.3 Å². The lowest BCUT2D eigenvalue weighted by Gasteiger charge is -2.19. The van der Waals surface area contributed by atoms with Crippen molar-refractivity contribution in [3.05, 3.63) is 35.9 Å². The van der Waals surface area contributed by atoms with E-state index in [9.17, 15) is 4.79 Å². The van der Waals surface area contributed by atoms with Crippen molar-refractivity contribution in [3.63, 3.8) is 0 Å². The molecular weight excluding hydrogens is 330 g/mol. The van der Waals surface area contributed by atoms with Crippen molar-refractivity contribution in [2.45, 2.75) is 86.6 Å². The highest BCUT2D eigenvalue weighted by molar-refractivity contribution is 6.58. The molecule has 0 aromatic heterocycles. The number of carboxylic acids is 1. The highest BCUT2D eigenvalue weighted by atomic mass is 16.4. The molecule has 0 heterocycles. The molecule has 1 aromatic carbocycles. The molecule has 0 bridgehead atoms. The van der Waals surface area contributed by atoms with Crippen LogP contribution >= 0.6 is 0 Å². The maximum Gasteiger partial charge on any atom is 0.335 e. The van der Waals surface area contributed by atoms with Crippen molar-refractivity contribution in [2.24, 2.45) is 17.8 Å². The van der Waals surface area contributed by atoms with E-state index in [1.807, 2.05) is 0 Å². The topological polar surface area (TPSA) is 37.3 Å². The Bertz CT molecular complexity index is 419. The Morgan fingerprint density at radius 1 is 0.926 bits per heavy atom. The fourth-order valence-electron chi connectivity index (χ4n) is 3.07. The Kier molecular flexibility index (Phi) is 18.9. The third-order valence-corrected chi connectivity index (χ3v) is 3.99. The van der Waals surface area contributed by atoms with Gasteiger partial charge >= 0.3 is 5.97 Å². The average molecular weight is 372 g/mol. The number of hydrogen-bond donors (Lipinski definition) is 1. The number of aromatic carboxylic acids is 1. The second-order valence-electron chi connectivity index (χ2n) is 8.57. The van der Waals surface area contributed by atoms with Gasteiger partial charge in [-0.3, -0.25) is 0 Å². The van der Waals surface area contributed by atoms with Crippen molar-refractivity contribution < 1.29 is 9.90 Å². The molecule has 0 fully saturated rings. The first kappa shape index (κ1) is 28.0. The SMILES string of the molecule is CC(C)CB(CC(C)C)CC(C)C.O=C(O)c1ccccc1.[B]CCCC. The summed E-state index contributed by atoms with van der Waals surface area (Å²) in [5, 5.41) is 8.38. The average Bonchev–Trinajstić information content (AvgIpc) is 2.55. The zero-order chi connectivity index (χ0) is 21.2. The van der Waals surface area contributed by atoms with Gasteiger partial charge in [-0.25, -0.2) is 4.79 Å². The highest BCUT2D eigenvalue weighted by Gasteiger charge is 2.17. The summed E-state index contributed by atoms with van der Waals surface area (Å²) in [5.74, 6) is 1.71. The fraction of sp³-hybridized carbons (Fsp3) is 0.696. The van der Waals surface area contributed by atoms with Crippen molar-refractivity contribution in [3.8, 4) is 0 Å². The summed E-state index contributed by atoms with van der Waals surface area (Å²) in [6, 6.07) is 8.30. The first-order chi connectivity index (χ1) is 12.6. The van der Waals surface area contributed by atoms with Crippen LogP contribution in [-0.2, 0) is 0 Å². The smallest absolute Gasteiger partial charge is 0.335 e. The van der Waals surface area contributed by atoms with E-state index >= 15 is 0 Å². The Morgan fingerprint density at radius 2 is 1.33 bits per heavy atom. The lowest BCUT2D eigenvalue weighted by atomic mass is 9.38. The monoisotopic (exact) mass is 372 g/mol. The van der Waals surface area contributed by atoms with Crippen LogP contribution in [0.3, 0.4) is 0 Å². The van der Waals surface area contributed by atoms with Crippen molar-refractivity contribution in [2.75, 3.05) is 0 Å². The molecule has 0 atom stereocenters. The molecule has 1 rings (SSSR count). The maximum atomic E-state index is 10.2. The van der Waals surface area contributed by atoms with Gasteiger partial charge in [0.1, 0.15) is 6.71 Å². The molecule has 0 saturated carbocycles. The van der Waals surface area contributed by atoms with Crippen LogP contribution in [0.1, 0.15) is 71.7 Å². The van der Waals surface area contributed by atoms with Gasteiger partial charge < -0.3 is 5.11 Å². The van der Waals surface area contributed by atoms with E-state index in [1.165, 1.54) is 31.8 Å². The standard InChI is InChI=1S/C12H27B.C7H6O2.C4H9B/c1-10(2)7-13(8-11(3)4)9-12(5)6;8-7(9)6-4-2-1-3-5-6;1-2-3-4-5/h10-12H,7-9H2,1-6H3;1-5H,(H,8,9);2-4H2,1H3. The van der Waals surface area contributed by atoms with Gasteiger partial charge in [-0.2, -0.15) is 0 Å². The summed E-state index contributed by atoms with van der Waals surface area (Å²) in [4.78, 5) is 10.2. The van der Waals surface area contributed by atoms with Crippen LogP contribution in [0.25, 0.3) is 0 Å². The summed E-state index contributed by atoms with van der Waals surface area (Å²) in [5.41, 5.74) is 0.331. The minimum atomic E-state index is -0.879. The van der Waals surface area contributed by atoms with Crippen LogP contribution in [0.5, 0.6) is 0 Å². The van der Waals surface area contributed by atoms with E-state index in [2.05, 4.69) is 48.5 Å². The first-order valence-corrected chi connectivity index (χ1v) is 10.6. The lowest BCUT2D eigenvalue weighted by Crippen LogP contribution is -2.19. The van der Waals surface area contributed by atoms with Gasteiger partial charge in [0.05, 0.1) is 13.4 Å². The van der Waals surface area contributed by atoms with Crippen molar-refractivity contribution in [1.29, 1.82) is 0 Å². The fourth-order valence-corrected chi connectivity index (χ4v) is 3.07. The Morgan fingerprint density at radius 3 is 1.52 bits per heavy atom. The summed E-state index contributed by atoms with van der Waals surface area (Å²) in [6.07, 6.45) is 7.47. The molecular formula is C23H42B2O2. The predicted octanol–water partition coefficient (Wildman–Crippen LogP) is 7.21. The van der Waals surface area contributed by atoms with E-state index < -0.39 is 5.97 Å². The third-order valence-electron chi connectivity index (χ3n) is 3.99. The van der Waals surface area contributed by atoms with Gasteiger partial charge in [-0.1, -0.05) is 123 Å². The van der Waals surface area contributed by atoms with E-state index in [0.29, 0.717) is 5.56 Å². The largest absolute Gasteiger partial charge is 0.478 e. The molecule has 4 heteroatoms. The molecule has 27 heavy (non-hydrogen) atoms. The summed E-state index contributed by atoms with van der Waals surface area (Å²) >= 11 is 0. The Balaban J connectivity index is 0. The lowest BCUT2D eigenvalue weighted by molar-refractivity contribution is 0.0697. The third kappa shape index (κ3) is 21.0. The molecule has 0 unspecified atom stereocenters. The van der Waals surface area contributed by atoms with Crippen LogP contribution in [0.4, 0.5) is 0 Å². The number of rotatable bonds is 9. The number of benzene rings is 1.